The number of nitrogens with zero attached hydrogens (tertiary/aromatic N) is 1. The summed E-state index contributed by atoms with van der Waals surface area (Å²) in [7, 11) is 1.47. The molecule has 2 aromatic carbocycles. The lowest BCUT2D eigenvalue weighted by atomic mass is 10.1. The largest absolute Gasteiger partial charge is 0.493 e. The number of halogens is 3. The number of carbonyl (C=O) groups excluding carboxylic acids is 1. The highest BCUT2D eigenvalue weighted by Gasteiger charge is 2.30. The van der Waals surface area contributed by atoms with Gasteiger partial charge < -0.3 is 18.9 Å². The molecule has 2 heterocycles. The van der Waals surface area contributed by atoms with Gasteiger partial charge in [0, 0.05) is 5.39 Å². The quantitative estimate of drug-likeness (QED) is 0.460. The Morgan fingerprint density at radius 3 is 2.53 bits per heavy atom. The van der Waals surface area contributed by atoms with Crippen LogP contribution in [0.15, 0.2) is 80.8 Å². The smallest absolute Gasteiger partial charge is 0.416 e. The minimum Gasteiger partial charge on any atom is -0.493 e. The molecule has 2 aromatic heterocycles. The van der Waals surface area contributed by atoms with Crippen LogP contribution >= 0.6 is 0 Å². The van der Waals surface area contributed by atoms with E-state index in [0.717, 1.165) is 12.1 Å². The number of hydrogen-bond acceptors (Lipinski definition) is 5. The van der Waals surface area contributed by atoms with Crippen molar-refractivity contribution in [2.24, 2.45) is 4.99 Å². The fourth-order valence-electron chi connectivity index (χ4n) is 3.05. The Labute approximate surface area is 180 Å². The third kappa shape index (κ3) is 4.51. The van der Waals surface area contributed by atoms with E-state index in [0.29, 0.717) is 22.5 Å². The second-order valence-electron chi connectivity index (χ2n) is 6.76. The Hall–Kier alpha value is -4.01. The third-order valence-electron chi connectivity index (χ3n) is 4.63. The third-order valence-corrected chi connectivity index (χ3v) is 4.63. The number of hydrogen-bond donors (Lipinski definition) is 1. The summed E-state index contributed by atoms with van der Waals surface area (Å²) in [6.07, 6.45) is -2.97. The van der Waals surface area contributed by atoms with Crippen LogP contribution < -0.4 is 15.6 Å². The lowest BCUT2D eigenvalue weighted by molar-refractivity contribution is -0.137. The van der Waals surface area contributed by atoms with Crippen molar-refractivity contribution in [1.29, 1.82) is 0 Å². The fraction of sp³-hybridized carbons (Fsp3) is 0.130. The predicted molar refractivity (Wildman–Crippen MR) is 109 cm³/mol. The normalized spacial score (nSPS) is 12.2. The number of benzene rings is 2. The first kappa shape index (κ1) is 21.2. The Balaban J connectivity index is 1.79. The molecule has 0 unspecified atom stereocenters. The SMILES string of the molecule is COc1cccc2cc(C(=O)NCc3ccco3)c(=Nc3ccc(C(F)(F)F)cc3)oc12. The van der Waals surface area contributed by atoms with Gasteiger partial charge >= 0.3 is 6.18 Å². The summed E-state index contributed by atoms with van der Waals surface area (Å²) in [5.41, 5.74) is -0.222. The van der Waals surface area contributed by atoms with Crippen molar-refractivity contribution in [2.45, 2.75) is 12.7 Å². The van der Waals surface area contributed by atoms with E-state index in [1.54, 1.807) is 36.4 Å². The number of para-hydroxylation sites is 1. The summed E-state index contributed by atoms with van der Waals surface area (Å²) >= 11 is 0. The highest BCUT2D eigenvalue weighted by atomic mass is 19.4. The zero-order valence-electron chi connectivity index (χ0n) is 16.8. The van der Waals surface area contributed by atoms with E-state index in [1.807, 2.05) is 0 Å². The summed E-state index contributed by atoms with van der Waals surface area (Å²) in [5, 5.41) is 3.31. The topological polar surface area (TPSA) is 77.0 Å². The maximum absolute atomic E-state index is 12.9. The fourth-order valence-corrected chi connectivity index (χ4v) is 3.05. The van der Waals surface area contributed by atoms with Crippen LogP contribution in [-0.4, -0.2) is 13.0 Å². The molecule has 0 saturated carbocycles. The van der Waals surface area contributed by atoms with Gasteiger partial charge in [-0.2, -0.15) is 13.2 Å². The number of carbonyl (C=O) groups is 1. The van der Waals surface area contributed by atoms with Crippen molar-refractivity contribution in [2.75, 3.05) is 7.11 Å². The van der Waals surface area contributed by atoms with Gasteiger partial charge in [0.1, 0.15) is 11.3 Å². The number of alkyl halides is 3. The van der Waals surface area contributed by atoms with Crippen LogP contribution in [0.2, 0.25) is 0 Å². The molecule has 1 N–H and O–H groups in total. The zero-order chi connectivity index (χ0) is 22.7. The summed E-state index contributed by atoms with van der Waals surface area (Å²) in [6, 6.07) is 14.4. The van der Waals surface area contributed by atoms with Crippen LogP contribution in [0.1, 0.15) is 21.7 Å². The Morgan fingerprint density at radius 1 is 1.09 bits per heavy atom. The molecule has 1 amide bonds. The minimum atomic E-state index is -4.46. The molecule has 0 atom stereocenters. The Morgan fingerprint density at radius 2 is 1.88 bits per heavy atom. The molecule has 0 bridgehead atoms. The Kier molecular flexibility index (Phi) is 5.72. The first-order chi connectivity index (χ1) is 15.3. The van der Waals surface area contributed by atoms with E-state index in [1.165, 1.54) is 25.5 Å². The van der Waals surface area contributed by atoms with E-state index in [4.69, 9.17) is 13.6 Å². The molecule has 4 rings (SSSR count). The predicted octanol–water partition coefficient (Wildman–Crippen LogP) is 5.22. The summed E-state index contributed by atoms with van der Waals surface area (Å²) in [6.45, 7) is 0.141. The average Bonchev–Trinajstić information content (AvgIpc) is 3.30. The second kappa shape index (κ2) is 8.62. The van der Waals surface area contributed by atoms with Gasteiger partial charge in [0.05, 0.1) is 31.2 Å². The molecule has 164 valence electrons. The molecule has 0 saturated heterocycles. The van der Waals surface area contributed by atoms with Gasteiger partial charge in [0.25, 0.3) is 5.91 Å². The molecule has 0 aliphatic rings. The second-order valence-corrected chi connectivity index (χ2v) is 6.76. The first-order valence-electron chi connectivity index (χ1n) is 9.48. The molecule has 0 spiro atoms. The summed E-state index contributed by atoms with van der Waals surface area (Å²) in [4.78, 5) is 17.2. The van der Waals surface area contributed by atoms with Crippen LogP contribution in [0.4, 0.5) is 18.9 Å². The first-order valence-corrected chi connectivity index (χ1v) is 9.48. The zero-order valence-corrected chi connectivity index (χ0v) is 16.8. The molecule has 6 nitrogen and oxygen atoms in total. The molecule has 0 aliphatic carbocycles. The lowest BCUT2D eigenvalue weighted by Gasteiger charge is -2.09. The monoisotopic (exact) mass is 442 g/mol. The molecule has 0 fully saturated rings. The van der Waals surface area contributed by atoms with Crippen LogP contribution in [0.3, 0.4) is 0 Å². The highest BCUT2D eigenvalue weighted by Crippen LogP contribution is 2.30. The summed E-state index contributed by atoms with van der Waals surface area (Å²) < 4.78 is 55.0. The van der Waals surface area contributed by atoms with Crippen molar-refractivity contribution < 1.29 is 31.5 Å². The Bertz CT molecular complexity index is 1310. The van der Waals surface area contributed by atoms with Crippen molar-refractivity contribution in [3.05, 3.63) is 89.4 Å². The van der Waals surface area contributed by atoms with Gasteiger partial charge in [0.2, 0.25) is 5.55 Å². The van der Waals surface area contributed by atoms with Crippen LogP contribution in [0, 0.1) is 0 Å². The average molecular weight is 442 g/mol. The van der Waals surface area contributed by atoms with Crippen molar-refractivity contribution in [1.82, 2.24) is 5.32 Å². The molecule has 0 radical (unpaired) electrons. The number of fused-ring (bicyclic) bond motifs is 1. The van der Waals surface area contributed by atoms with E-state index < -0.39 is 17.6 Å². The van der Waals surface area contributed by atoms with Crippen LogP contribution in [0.25, 0.3) is 11.0 Å². The number of amides is 1. The number of furan rings is 1. The van der Waals surface area contributed by atoms with E-state index >= 15 is 0 Å². The number of nitrogens with one attached hydrogen (secondary N) is 1. The summed E-state index contributed by atoms with van der Waals surface area (Å²) in [5.74, 6) is 0.494. The van der Waals surface area contributed by atoms with E-state index in [2.05, 4.69) is 10.3 Å². The lowest BCUT2D eigenvalue weighted by Crippen LogP contribution is -2.28. The standard InChI is InChI=1S/C23H17F3N2O4/c1-30-19-6-2-4-14-12-18(21(29)27-13-17-5-3-11-31-17)22(32-20(14)19)28-16-9-7-15(8-10-16)23(24,25)26/h2-12H,13H2,1H3,(H,27,29). The van der Waals surface area contributed by atoms with Gasteiger partial charge in [-0.3, -0.25) is 4.79 Å². The number of rotatable bonds is 5. The van der Waals surface area contributed by atoms with Gasteiger partial charge in [-0.25, -0.2) is 4.99 Å². The number of methoxy groups -OCH3 is 1. The molecular formula is C23H17F3N2O4. The van der Waals surface area contributed by atoms with Crippen LogP contribution in [0.5, 0.6) is 5.75 Å². The molecule has 32 heavy (non-hydrogen) atoms. The van der Waals surface area contributed by atoms with Gasteiger partial charge in [0.15, 0.2) is 11.3 Å². The minimum absolute atomic E-state index is 0.0706. The van der Waals surface area contributed by atoms with E-state index in [9.17, 15) is 18.0 Å². The number of ether oxygens (including phenoxy) is 1. The van der Waals surface area contributed by atoms with Crippen molar-refractivity contribution >= 4 is 22.6 Å². The highest BCUT2D eigenvalue weighted by molar-refractivity contribution is 5.97. The van der Waals surface area contributed by atoms with E-state index in [-0.39, 0.29) is 23.3 Å². The molecule has 0 aliphatic heterocycles. The van der Waals surface area contributed by atoms with Crippen molar-refractivity contribution in [3.8, 4) is 5.75 Å². The maximum Gasteiger partial charge on any atom is 0.416 e. The molecular weight excluding hydrogens is 425 g/mol. The van der Waals surface area contributed by atoms with Crippen molar-refractivity contribution in [3.63, 3.8) is 0 Å². The molecule has 9 heteroatoms. The van der Waals surface area contributed by atoms with Crippen LogP contribution in [-0.2, 0) is 12.7 Å². The maximum atomic E-state index is 12.9. The van der Waals surface area contributed by atoms with Gasteiger partial charge in [-0.15, -0.1) is 0 Å². The molecule has 4 aromatic rings. The van der Waals surface area contributed by atoms with Gasteiger partial charge in [-0.05, 0) is 48.5 Å². The van der Waals surface area contributed by atoms with Gasteiger partial charge in [-0.1, -0.05) is 12.1 Å².